The summed E-state index contributed by atoms with van der Waals surface area (Å²) >= 11 is 1.67. The molecule has 0 bridgehead atoms. The Labute approximate surface area is 107 Å². The van der Waals surface area contributed by atoms with E-state index in [9.17, 15) is 0 Å². The zero-order valence-electron chi connectivity index (χ0n) is 10.1. The van der Waals surface area contributed by atoms with Crippen molar-refractivity contribution < 1.29 is 0 Å². The summed E-state index contributed by atoms with van der Waals surface area (Å²) in [6, 6.07) is 10.7. The van der Waals surface area contributed by atoms with Crippen LogP contribution in [0, 0.1) is 0 Å². The summed E-state index contributed by atoms with van der Waals surface area (Å²) < 4.78 is 0. The van der Waals surface area contributed by atoms with E-state index in [1.165, 1.54) is 11.3 Å². The Kier molecular flexibility index (Phi) is 4.71. The number of aromatic nitrogens is 1. The van der Waals surface area contributed by atoms with E-state index in [1.54, 1.807) is 11.3 Å². The van der Waals surface area contributed by atoms with Crippen LogP contribution in [0.1, 0.15) is 24.1 Å². The van der Waals surface area contributed by atoms with Crippen molar-refractivity contribution in [1.29, 1.82) is 0 Å². The van der Waals surface area contributed by atoms with E-state index in [0.29, 0.717) is 5.92 Å². The monoisotopic (exact) mass is 246 g/mol. The number of rotatable bonds is 6. The van der Waals surface area contributed by atoms with Crippen molar-refractivity contribution >= 4 is 11.3 Å². The highest BCUT2D eigenvalue weighted by molar-refractivity contribution is 7.07. The van der Waals surface area contributed by atoms with Crippen LogP contribution in [0.15, 0.2) is 41.2 Å². The Morgan fingerprint density at radius 1 is 1.29 bits per heavy atom. The predicted molar refractivity (Wildman–Crippen MR) is 73.5 cm³/mol. The van der Waals surface area contributed by atoms with Gasteiger partial charge in [-0.25, -0.2) is 4.98 Å². The maximum Gasteiger partial charge on any atom is 0.0794 e. The number of nitrogens with one attached hydrogen (secondary N) is 1. The van der Waals surface area contributed by atoms with Gasteiger partial charge in [0.15, 0.2) is 0 Å². The molecular weight excluding hydrogens is 228 g/mol. The third-order valence-electron chi connectivity index (χ3n) is 2.85. The van der Waals surface area contributed by atoms with Crippen LogP contribution in [0.5, 0.6) is 0 Å². The minimum absolute atomic E-state index is 0.512. The van der Waals surface area contributed by atoms with Crippen molar-refractivity contribution in [3.63, 3.8) is 0 Å². The predicted octanol–water partition coefficient (Wildman–Crippen LogP) is 3.08. The Hall–Kier alpha value is -1.19. The molecular formula is C14H18N2S. The van der Waals surface area contributed by atoms with Gasteiger partial charge in [0.05, 0.1) is 11.2 Å². The zero-order valence-corrected chi connectivity index (χ0v) is 10.9. The van der Waals surface area contributed by atoms with Gasteiger partial charge >= 0.3 is 0 Å². The molecule has 1 N–H and O–H groups in total. The van der Waals surface area contributed by atoms with E-state index in [2.05, 4.69) is 52.9 Å². The van der Waals surface area contributed by atoms with Gasteiger partial charge in [0.2, 0.25) is 0 Å². The van der Waals surface area contributed by atoms with Crippen molar-refractivity contribution in [3.05, 3.63) is 52.5 Å². The van der Waals surface area contributed by atoms with Crippen molar-refractivity contribution in [2.24, 2.45) is 0 Å². The lowest BCUT2D eigenvalue weighted by Gasteiger charge is -2.16. The smallest absolute Gasteiger partial charge is 0.0794 e. The SMILES string of the molecule is CCNCC(Cc1cscn1)c1ccccc1. The Balaban J connectivity index is 2.08. The first-order valence-corrected chi connectivity index (χ1v) is 6.97. The van der Waals surface area contributed by atoms with Crippen LogP contribution < -0.4 is 5.32 Å². The average molecular weight is 246 g/mol. The maximum absolute atomic E-state index is 4.38. The van der Waals surface area contributed by atoms with Gasteiger partial charge in [-0.05, 0) is 18.5 Å². The summed E-state index contributed by atoms with van der Waals surface area (Å²) in [6.45, 7) is 4.17. The van der Waals surface area contributed by atoms with Crippen LogP contribution in [0.4, 0.5) is 0 Å². The summed E-state index contributed by atoms with van der Waals surface area (Å²) in [5, 5.41) is 5.58. The molecule has 1 atom stereocenters. The lowest BCUT2D eigenvalue weighted by molar-refractivity contribution is 0.590. The van der Waals surface area contributed by atoms with Gasteiger partial charge in [0.1, 0.15) is 0 Å². The molecule has 0 aliphatic rings. The van der Waals surface area contributed by atoms with E-state index in [-0.39, 0.29) is 0 Å². The summed E-state index contributed by atoms with van der Waals surface area (Å²) in [5.74, 6) is 0.512. The highest BCUT2D eigenvalue weighted by Gasteiger charge is 2.12. The molecule has 1 aromatic heterocycles. The fourth-order valence-electron chi connectivity index (χ4n) is 1.94. The van der Waals surface area contributed by atoms with Crippen LogP contribution in [-0.2, 0) is 6.42 Å². The van der Waals surface area contributed by atoms with Gasteiger partial charge in [0.25, 0.3) is 0 Å². The topological polar surface area (TPSA) is 24.9 Å². The summed E-state index contributed by atoms with van der Waals surface area (Å²) in [5.41, 5.74) is 4.49. The minimum atomic E-state index is 0.512. The van der Waals surface area contributed by atoms with Crippen molar-refractivity contribution in [2.75, 3.05) is 13.1 Å². The second kappa shape index (κ2) is 6.52. The molecule has 0 aliphatic heterocycles. The van der Waals surface area contributed by atoms with Gasteiger partial charge in [-0.3, -0.25) is 0 Å². The van der Waals surface area contributed by atoms with Crippen LogP contribution in [0.25, 0.3) is 0 Å². The largest absolute Gasteiger partial charge is 0.316 e. The van der Waals surface area contributed by atoms with Gasteiger partial charge in [-0.2, -0.15) is 0 Å². The molecule has 0 aliphatic carbocycles. The number of benzene rings is 1. The average Bonchev–Trinajstić information content (AvgIpc) is 2.88. The second-order valence-electron chi connectivity index (χ2n) is 4.10. The molecule has 0 spiro atoms. The van der Waals surface area contributed by atoms with E-state index in [4.69, 9.17) is 0 Å². The van der Waals surface area contributed by atoms with Gasteiger partial charge < -0.3 is 5.32 Å². The first kappa shape index (κ1) is 12.3. The molecule has 0 amide bonds. The summed E-state index contributed by atoms with van der Waals surface area (Å²) in [6.07, 6.45) is 1.01. The number of hydrogen-bond acceptors (Lipinski definition) is 3. The fraction of sp³-hybridized carbons (Fsp3) is 0.357. The lowest BCUT2D eigenvalue weighted by Crippen LogP contribution is -2.22. The molecule has 1 heterocycles. The molecule has 0 saturated heterocycles. The minimum Gasteiger partial charge on any atom is -0.316 e. The molecule has 0 fully saturated rings. The third kappa shape index (κ3) is 3.65. The van der Waals surface area contributed by atoms with Crippen LogP contribution in [-0.4, -0.2) is 18.1 Å². The first-order chi connectivity index (χ1) is 8.40. The Bertz CT molecular complexity index is 411. The highest BCUT2D eigenvalue weighted by Crippen LogP contribution is 2.20. The highest BCUT2D eigenvalue weighted by atomic mass is 32.1. The number of likely N-dealkylation sites (N-methyl/N-ethyl adjacent to an activating group) is 1. The third-order valence-corrected chi connectivity index (χ3v) is 3.49. The van der Waals surface area contributed by atoms with Gasteiger partial charge in [0, 0.05) is 17.8 Å². The van der Waals surface area contributed by atoms with E-state index < -0.39 is 0 Å². The van der Waals surface area contributed by atoms with Crippen molar-refractivity contribution in [2.45, 2.75) is 19.3 Å². The first-order valence-electron chi connectivity index (χ1n) is 6.03. The molecule has 90 valence electrons. The maximum atomic E-state index is 4.38. The molecule has 2 nitrogen and oxygen atoms in total. The molecule has 0 saturated carbocycles. The van der Waals surface area contributed by atoms with Gasteiger partial charge in [-0.1, -0.05) is 37.3 Å². The molecule has 1 unspecified atom stereocenters. The van der Waals surface area contributed by atoms with E-state index >= 15 is 0 Å². The molecule has 2 rings (SSSR count). The van der Waals surface area contributed by atoms with E-state index in [0.717, 1.165) is 19.5 Å². The molecule has 1 aromatic carbocycles. The number of hydrogen-bond donors (Lipinski definition) is 1. The second-order valence-corrected chi connectivity index (χ2v) is 4.82. The lowest BCUT2D eigenvalue weighted by atomic mass is 9.94. The molecule has 17 heavy (non-hydrogen) atoms. The van der Waals surface area contributed by atoms with Crippen LogP contribution in [0.3, 0.4) is 0 Å². The standard InChI is InChI=1S/C14H18N2S/c1-2-15-9-13(8-14-10-17-11-16-14)12-6-4-3-5-7-12/h3-7,10-11,13,15H,2,8-9H2,1H3. The Morgan fingerprint density at radius 2 is 2.12 bits per heavy atom. The molecule has 2 aromatic rings. The fourth-order valence-corrected chi connectivity index (χ4v) is 2.51. The molecule has 3 heteroatoms. The van der Waals surface area contributed by atoms with Crippen LogP contribution in [0.2, 0.25) is 0 Å². The quantitative estimate of drug-likeness (QED) is 0.847. The number of thiazole rings is 1. The summed E-state index contributed by atoms with van der Waals surface area (Å²) in [4.78, 5) is 4.38. The van der Waals surface area contributed by atoms with Crippen molar-refractivity contribution in [1.82, 2.24) is 10.3 Å². The zero-order chi connectivity index (χ0) is 11.9. The summed E-state index contributed by atoms with van der Waals surface area (Å²) in [7, 11) is 0. The normalized spacial score (nSPS) is 12.5. The van der Waals surface area contributed by atoms with E-state index in [1.807, 2.05) is 5.51 Å². The molecule has 0 radical (unpaired) electrons. The van der Waals surface area contributed by atoms with Crippen LogP contribution >= 0.6 is 11.3 Å². The number of nitrogens with zero attached hydrogens (tertiary/aromatic N) is 1. The van der Waals surface area contributed by atoms with Crippen molar-refractivity contribution in [3.8, 4) is 0 Å². The Morgan fingerprint density at radius 3 is 2.76 bits per heavy atom. The van der Waals surface area contributed by atoms with Gasteiger partial charge in [-0.15, -0.1) is 11.3 Å².